The second-order valence-electron chi connectivity index (χ2n) is 4.80. The van der Waals surface area contributed by atoms with Gasteiger partial charge in [-0.15, -0.1) is 11.8 Å². The molecule has 0 saturated carbocycles. The molecule has 0 bridgehead atoms. The van der Waals surface area contributed by atoms with Gasteiger partial charge in [0, 0.05) is 32.0 Å². The molecule has 4 heteroatoms. The predicted octanol–water partition coefficient (Wildman–Crippen LogP) is 5.01. The summed E-state index contributed by atoms with van der Waals surface area (Å²) in [6.45, 7) is 0.365. The first-order valence-corrected chi connectivity index (χ1v) is 8.61. The van der Waals surface area contributed by atoms with Crippen LogP contribution >= 0.6 is 27.7 Å². The molecular weight excluding hydrogens is 346 g/mol. The third-order valence-electron chi connectivity index (χ3n) is 3.46. The fourth-order valence-electron chi connectivity index (χ4n) is 2.33. The highest BCUT2D eigenvalue weighted by Gasteiger charge is 2.09. The molecule has 1 aromatic heterocycles. The lowest BCUT2D eigenvalue weighted by atomic mass is 10.1. The molecule has 0 unspecified atom stereocenters. The Kier molecular flexibility index (Phi) is 4.17. The second-order valence-corrected chi connectivity index (χ2v) is 6.59. The molecule has 1 heterocycles. The molecule has 0 atom stereocenters. The largest absolute Gasteiger partial charge is 0.340 e. The zero-order valence-electron chi connectivity index (χ0n) is 11.5. The highest BCUT2D eigenvalue weighted by molar-refractivity contribution is 9.10. The minimum atomic E-state index is 0.128. The fraction of sp³-hybridized carbons (Fsp3) is 0.118. The van der Waals surface area contributed by atoms with Crippen molar-refractivity contribution in [2.45, 2.75) is 11.4 Å². The van der Waals surface area contributed by atoms with E-state index >= 15 is 0 Å². The van der Waals surface area contributed by atoms with E-state index in [1.165, 1.54) is 4.90 Å². The number of thioether (sulfide) groups is 1. The van der Waals surface area contributed by atoms with Crippen molar-refractivity contribution < 1.29 is 4.79 Å². The van der Waals surface area contributed by atoms with Gasteiger partial charge in [0.05, 0.1) is 6.54 Å². The number of aromatic nitrogens is 1. The molecule has 106 valence electrons. The molecule has 0 aliphatic carbocycles. The molecule has 21 heavy (non-hydrogen) atoms. The molecule has 0 amide bonds. The molecule has 0 spiro atoms. The summed E-state index contributed by atoms with van der Waals surface area (Å²) in [6.07, 6.45) is 3.99. The van der Waals surface area contributed by atoms with Crippen LogP contribution in [0.15, 0.2) is 64.1 Å². The topological polar surface area (TPSA) is 22.0 Å². The maximum Gasteiger partial charge on any atom is 0.182 e. The Hall–Kier alpha value is -1.52. The fourth-order valence-corrected chi connectivity index (χ4v) is 3.12. The van der Waals surface area contributed by atoms with Gasteiger partial charge >= 0.3 is 0 Å². The number of halogens is 1. The standard InChI is InChI=1S/C17H14BrNOS/c1-21-15-5-2-12(3-6-15)17(20)11-19-9-8-13-10-14(18)4-7-16(13)19/h2-10H,11H2,1H3. The number of nitrogens with zero attached hydrogens (tertiary/aromatic N) is 1. The molecule has 2 aromatic carbocycles. The Labute approximate surface area is 136 Å². The third-order valence-corrected chi connectivity index (χ3v) is 4.70. The van der Waals surface area contributed by atoms with Gasteiger partial charge in [-0.25, -0.2) is 0 Å². The van der Waals surface area contributed by atoms with Crippen LogP contribution in [0.4, 0.5) is 0 Å². The van der Waals surface area contributed by atoms with Crippen molar-refractivity contribution in [2.24, 2.45) is 0 Å². The molecule has 0 fully saturated rings. The smallest absolute Gasteiger partial charge is 0.182 e. The Bertz CT molecular complexity index is 792. The van der Waals surface area contributed by atoms with Gasteiger partial charge in [0.15, 0.2) is 5.78 Å². The number of ketones is 1. The third kappa shape index (κ3) is 3.06. The van der Waals surface area contributed by atoms with Crippen LogP contribution in [-0.4, -0.2) is 16.6 Å². The summed E-state index contributed by atoms with van der Waals surface area (Å²) in [5, 5.41) is 1.13. The minimum Gasteiger partial charge on any atom is -0.340 e. The van der Waals surface area contributed by atoms with Gasteiger partial charge in [-0.05, 0) is 42.7 Å². The first-order valence-electron chi connectivity index (χ1n) is 6.59. The lowest BCUT2D eigenvalue weighted by Crippen LogP contribution is -2.09. The first kappa shape index (κ1) is 14.4. The quantitative estimate of drug-likeness (QED) is 0.482. The van der Waals surface area contributed by atoms with Gasteiger partial charge in [-0.2, -0.15) is 0 Å². The summed E-state index contributed by atoms with van der Waals surface area (Å²) in [6, 6.07) is 15.9. The zero-order chi connectivity index (χ0) is 14.8. The van der Waals surface area contributed by atoms with E-state index in [1.54, 1.807) is 11.8 Å². The number of benzene rings is 2. The van der Waals surface area contributed by atoms with Crippen LogP contribution in [0, 0.1) is 0 Å². The van der Waals surface area contributed by atoms with Gasteiger partial charge in [-0.1, -0.05) is 28.1 Å². The van der Waals surface area contributed by atoms with E-state index in [9.17, 15) is 4.79 Å². The number of Topliss-reactive ketones (excluding diaryl/α,β-unsaturated/α-hetero) is 1. The minimum absolute atomic E-state index is 0.128. The Morgan fingerprint density at radius 3 is 2.62 bits per heavy atom. The van der Waals surface area contributed by atoms with Gasteiger partial charge in [0.25, 0.3) is 0 Å². The summed E-state index contributed by atoms with van der Waals surface area (Å²) < 4.78 is 3.04. The van der Waals surface area contributed by atoms with Crippen molar-refractivity contribution in [1.82, 2.24) is 4.57 Å². The highest BCUT2D eigenvalue weighted by Crippen LogP contribution is 2.21. The SMILES string of the molecule is CSc1ccc(C(=O)Cn2ccc3cc(Br)ccc32)cc1. The van der Waals surface area contributed by atoms with Crippen molar-refractivity contribution in [2.75, 3.05) is 6.26 Å². The molecular formula is C17H14BrNOS. The summed E-state index contributed by atoms with van der Waals surface area (Å²) in [5.41, 5.74) is 1.83. The molecule has 2 nitrogen and oxygen atoms in total. The molecule has 3 aromatic rings. The van der Waals surface area contributed by atoms with Crippen LogP contribution < -0.4 is 0 Å². The van der Waals surface area contributed by atoms with Crippen molar-refractivity contribution in [1.29, 1.82) is 0 Å². The van der Waals surface area contributed by atoms with Crippen molar-refractivity contribution in [3.05, 3.63) is 64.8 Å². The van der Waals surface area contributed by atoms with Crippen LogP contribution in [-0.2, 0) is 6.54 Å². The van der Waals surface area contributed by atoms with Crippen LogP contribution in [0.1, 0.15) is 10.4 Å². The van der Waals surface area contributed by atoms with Crippen molar-refractivity contribution in [3.63, 3.8) is 0 Å². The zero-order valence-corrected chi connectivity index (χ0v) is 13.9. The number of carbonyl (C=O) groups is 1. The molecule has 0 radical (unpaired) electrons. The normalized spacial score (nSPS) is 11.0. The van der Waals surface area contributed by atoms with Gasteiger partial charge in [-0.3, -0.25) is 4.79 Å². The Balaban J connectivity index is 1.85. The van der Waals surface area contributed by atoms with Gasteiger partial charge in [0.1, 0.15) is 0 Å². The number of fused-ring (bicyclic) bond motifs is 1. The van der Waals surface area contributed by atoms with Crippen LogP contribution in [0.3, 0.4) is 0 Å². The Morgan fingerprint density at radius 2 is 1.90 bits per heavy atom. The van der Waals surface area contributed by atoms with E-state index in [0.29, 0.717) is 6.54 Å². The lowest BCUT2D eigenvalue weighted by molar-refractivity contribution is 0.0973. The average Bonchev–Trinajstić information content (AvgIpc) is 2.89. The molecule has 0 N–H and O–H groups in total. The van der Waals surface area contributed by atoms with Crippen molar-refractivity contribution >= 4 is 44.4 Å². The molecule has 0 saturated heterocycles. The summed E-state index contributed by atoms with van der Waals surface area (Å²) >= 11 is 5.14. The van der Waals surface area contributed by atoms with E-state index in [2.05, 4.69) is 22.0 Å². The number of rotatable bonds is 4. The average molecular weight is 360 g/mol. The molecule has 3 rings (SSSR count). The maximum atomic E-state index is 12.4. The van der Waals surface area contributed by atoms with Gasteiger partial charge in [0.2, 0.25) is 0 Å². The number of carbonyl (C=O) groups excluding carboxylic acids is 1. The molecule has 0 aliphatic rings. The molecule has 0 aliphatic heterocycles. The first-order chi connectivity index (χ1) is 10.2. The second kappa shape index (κ2) is 6.08. The van der Waals surface area contributed by atoms with Crippen LogP contribution in [0.5, 0.6) is 0 Å². The van der Waals surface area contributed by atoms with E-state index in [-0.39, 0.29) is 5.78 Å². The monoisotopic (exact) mass is 359 g/mol. The Morgan fingerprint density at radius 1 is 1.14 bits per heavy atom. The number of hydrogen-bond acceptors (Lipinski definition) is 2. The summed E-state index contributed by atoms with van der Waals surface area (Å²) in [4.78, 5) is 13.6. The van der Waals surface area contributed by atoms with E-state index in [4.69, 9.17) is 0 Å². The maximum absolute atomic E-state index is 12.4. The summed E-state index contributed by atoms with van der Waals surface area (Å²) in [7, 11) is 0. The lowest BCUT2D eigenvalue weighted by Gasteiger charge is -2.06. The number of hydrogen-bond donors (Lipinski definition) is 0. The van der Waals surface area contributed by atoms with E-state index in [1.807, 2.05) is 59.5 Å². The van der Waals surface area contributed by atoms with Crippen LogP contribution in [0.25, 0.3) is 10.9 Å². The van der Waals surface area contributed by atoms with Crippen LogP contribution in [0.2, 0.25) is 0 Å². The van der Waals surface area contributed by atoms with E-state index < -0.39 is 0 Å². The summed E-state index contributed by atoms with van der Waals surface area (Å²) in [5.74, 6) is 0.128. The predicted molar refractivity (Wildman–Crippen MR) is 92.2 cm³/mol. The van der Waals surface area contributed by atoms with E-state index in [0.717, 1.165) is 20.9 Å². The highest BCUT2D eigenvalue weighted by atomic mass is 79.9. The van der Waals surface area contributed by atoms with Gasteiger partial charge < -0.3 is 4.57 Å². The van der Waals surface area contributed by atoms with Crippen molar-refractivity contribution in [3.8, 4) is 0 Å².